The molecular formula is C25H33N9O. The van der Waals surface area contributed by atoms with Crippen LogP contribution in [0.15, 0.2) is 48.9 Å². The minimum atomic E-state index is 0.310. The number of hydrogen-bond donors (Lipinski definition) is 2. The lowest BCUT2D eigenvalue weighted by atomic mass is 10.1. The van der Waals surface area contributed by atoms with Crippen molar-refractivity contribution in [1.82, 2.24) is 34.3 Å². The molecule has 0 unspecified atom stereocenters. The standard InChI is InChI=1S/C25H33N9O/c1-19(2)21-18-29-34-23(21)30-24(26-9-5-11-32-13-15-35-16-14-32)31-25(34)27-17-20-7-3-4-8-22(20)33-12-6-10-28-33/h3-4,6-8,10,12,18-19H,5,9,11,13-17H2,1-2H3,(H2,26,27,30,31). The Hall–Kier alpha value is -3.50. The van der Waals surface area contributed by atoms with Crippen LogP contribution in [-0.2, 0) is 11.3 Å². The van der Waals surface area contributed by atoms with Gasteiger partial charge >= 0.3 is 0 Å². The van der Waals surface area contributed by atoms with Crippen LogP contribution >= 0.6 is 0 Å². The molecule has 0 bridgehead atoms. The van der Waals surface area contributed by atoms with E-state index in [4.69, 9.17) is 14.7 Å². The molecule has 4 aromatic rings. The number of para-hydroxylation sites is 1. The summed E-state index contributed by atoms with van der Waals surface area (Å²) in [6.45, 7) is 10.4. The van der Waals surface area contributed by atoms with Crippen molar-refractivity contribution in [2.24, 2.45) is 0 Å². The first-order chi connectivity index (χ1) is 17.2. The van der Waals surface area contributed by atoms with Crippen molar-refractivity contribution in [2.75, 3.05) is 50.0 Å². The third kappa shape index (κ3) is 5.44. The van der Waals surface area contributed by atoms with Crippen LogP contribution in [0.25, 0.3) is 11.3 Å². The number of hydrogen-bond acceptors (Lipinski definition) is 8. The van der Waals surface area contributed by atoms with E-state index < -0.39 is 0 Å². The molecule has 10 heteroatoms. The predicted molar refractivity (Wildman–Crippen MR) is 136 cm³/mol. The van der Waals surface area contributed by atoms with Gasteiger partial charge in [0.1, 0.15) is 0 Å². The quantitative estimate of drug-likeness (QED) is 0.338. The predicted octanol–water partition coefficient (Wildman–Crippen LogP) is 3.18. The largest absolute Gasteiger partial charge is 0.379 e. The Morgan fingerprint density at radius 1 is 1.03 bits per heavy atom. The van der Waals surface area contributed by atoms with Crippen LogP contribution in [0.3, 0.4) is 0 Å². The van der Waals surface area contributed by atoms with Gasteiger partial charge in [-0.05, 0) is 36.6 Å². The molecular weight excluding hydrogens is 442 g/mol. The molecule has 1 fully saturated rings. The van der Waals surface area contributed by atoms with Gasteiger partial charge in [0, 0.05) is 44.1 Å². The van der Waals surface area contributed by atoms with Crippen LogP contribution in [0.5, 0.6) is 0 Å². The Kier molecular flexibility index (Phi) is 7.20. The maximum absolute atomic E-state index is 5.44. The third-order valence-corrected chi connectivity index (χ3v) is 6.24. The summed E-state index contributed by atoms with van der Waals surface area (Å²) in [4.78, 5) is 12.0. The smallest absolute Gasteiger partial charge is 0.229 e. The molecule has 0 atom stereocenters. The zero-order valence-electron chi connectivity index (χ0n) is 20.4. The van der Waals surface area contributed by atoms with Crippen molar-refractivity contribution >= 4 is 17.5 Å². The highest BCUT2D eigenvalue weighted by Crippen LogP contribution is 2.23. The van der Waals surface area contributed by atoms with Crippen LogP contribution < -0.4 is 10.6 Å². The average Bonchev–Trinajstić information content (AvgIpc) is 3.57. The van der Waals surface area contributed by atoms with E-state index in [1.165, 1.54) is 0 Å². The van der Waals surface area contributed by atoms with Gasteiger partial charge in [-0.15, -0.1) is 0 Å². The van der Waals surface area contributed by atoms with Gasteiger partial charge in [0.05, 0.1) is 25.1 Å². The molecule has 1 aliphatic rings. The highest BCUT2D eigenvalue weighted by molar-refractivity contribution is 5.56. The lowest BCUT2D eigenvalue weighted by Crippen LogP contribution is -2.37. The van der Waals surface area contributed by atoms with Crippen LogP contribution in [0.2, 0.25) is 0 Å². The topological polar surface area (TPSA) is 97.4 Å². The molecule has 4 heterocycles. The van der Waals surface area contributed by atoms with Crippen molar-refractivity contribution < 1.29 is 4.74 Å². The molecule has 5 rings (SSSR count). The normalized spacial score (nSPS) is 14.6. The number of nitrogens with one attached hydrogen (secondary N) is 2. The summed E-state index contributed by atoms with van der Waals surface area (Å²) in [6, 6.07) is 10.1. The second-order valence-electron chi connectivity index (χ2n) is 9.03. The van der Waals surface area contributed by atoms with Gasteiger partial charge in [-0.1, -0.05) is 32.0 Å². The Labute approximate surface area is 205 Å². The monoisotopic (exact) mass is 475 g/mol. The molecule has 0 spiro atoms. The zero-order valence-corrected chi connectivity index (χ0v) is 20.4. The first-order valence-electron chi connectivity index (χ1n) is 12.3. The molecule has 3 aromatic heterocycles. The van der Waals surface area contributed by atoms with E-state index in [1.54, 1.807) is 10.7 Å². The van der Waals surface area contributed by atoms with Crippen molar-refractivity contribution in [3.8, 4) is 5.69 Å². The molecule has 1 aromatic carbocycles. The van der Waals surface area contributed by atoms with Gasteiger partial charge in [-0.3, -0.25) is 4.90 Å². The number of morpholine rings is 1. The molecule has 0 saturated carbocycles. The molecule has 0 amide bonds. The van der Waals surface area contributed by atoms with Gasteiger partial charge in [0.2, 0.25) is 11.9 Å². The van der Waals surface area contributed by atoms with Gasteiger partial charge in [-0.25, -0.2) is 4.68 Å². The first kappa shape index (κ1) is 23.3. The average molecular weight is 476 g/mol. The minimum Gasteiger partial charge on any atom is -0.379 e. The SMILES string of the molecule is CC(C)c1cnn2c(NCc3ccccc3-n3cccn3)nc(NCCCN3CCOCC3)nc12. The minimum absolute atomic E-state index is 0.310. The summed E-state index contributed by atoms with van der Waals surface area (Å²) in [7, 11) is 0. The Bertz CT molecular complexity index is 1230. The molecule has 2 N–H and O–H groups in total. The van der Waals surface area contributed by atoms with Gasteiger partial charge < -0.3 is 15.4 Å². The Morgan fingerprint density at radius 2 is 1.89 bits per heavy atom. The summed E-state index contributed by atoms with van der Waals surface area (Å²) < 4.78 is 9.11. The van der Waals surface area contributed by atoms with Crippen LogP contribution in [-0.4, -0.2) is 73.7 Å². The van der Waals surface area contributed by atoms with E-state index in [-0.39, 0.29) is 0 Å². The Balaban J connectivity index is 1.33. The van der Waals surface area contributed by atoms with Gasteiger partial charge in [-0.2, -0.15) is 24.7 Å². The van der Waals surface area contributed by atoms with Gasteiger partial charge in [0.15, 0.2) is 5.65 Å². The van der Waals surface area contributed by atoms with E-state index in [0.717, 1.165) is 68.3 Å². The highest BCUT2D eigenvalue weighted by atomic mass is 16.5. The molecule has 0 aliphatic carbocycles. The summed E-state index contributed by atoms with van der Waals surface area (Å²) >= 11 is 0. The third-order valence-electron chi connectivity index (χ3n) is 6.24. The lowest BCUT2D eigenvalue weighted by molar-refractivity contribution is 0.0378. The number of aromatic nitrogens is 6. The second kappa shape index (κ2) is 10.8. The van der Waals surface area contributed by atoms with Crippen LogP contribution in [0.1, 0.15) is 37.3 Å². The van der Waals surface area contributed by atoms with E-state index >= 15 is 0 Å². The van der Waals surface area contributed by atoms with Crippen molar-refractivity contribution in [3.63, 3.8) is 0 Å². The summed E-state index contributed by atoms with van der Waals surface area (Å²) in [5.41, 5.74) is 4.07. The Morgan fingerprint density at radius 3 is 2.69 bits per heavy atom. The molecule has 1 aliphatic heterocycles. The zero-order chi connectivity index (χ0) is 24.0. The fraction of sp³-hybridized carbons (Fsp3) is 0.440. The molecule has 0 radical (unpaired) electrons. The lowest BCUT2D eigenvalue weighted by Gasteiger charge is -2.26. The molecule has 1 saturated heterocycles. The summed E-state index contributed by atoms with van der Waals surface area (Å²) in [6.07, 6.45) is 6.64. The summed E-state index contributed by atoms with van der Waals surface area (Å²) in [5, 5.41) is 15.9. The number of nitrogens with zero attached hydrogens (tertiary/aromatic N) is 7. The molecule has 35 heavy (non-hydrogen) atoms. The van der Waals surface area contributed by atoms with E-state index in [9.17, 15) is 0 Å². The van der Waals surface area contributed by atoms with Crippen molar-refractivity contribution in [2.45, 2.75) is 32.7 Å². The van der Waals surface area contributed by atoms with E-state index in [0.29, 0.717) is 24.4 Å². The van der Waals surface area contributed by atoms with Crippen LogP contribution in [0.4, 0.5) is 11.9 Å². The number of rotatable bonds is 10. The molecule has 184 valence electrons. The van der Waals surface area contributed by atoms with Crippen LogP contribution in [0, 0.1) is 0 Å². The number of anilines is 2. The number of ether oxygens (including phenoxy) is 1. The summed E-state index contributed by atoms with van der Waals surface area (Å²) in [5.74, 6) is 1.59. The van der Waals surface area contributed by atoms with Gasteiger partial charge in [0.25, 0.3) is 0 Å². The highest BCUT2D eigenvalue weighted by Gasteiger charge is 2.16. The first-order valence-corrected chi connectivity index (χ1v) is 12.3. The fourth-order valence-electron chi connectivity index (χ4n) is 4.29. The van der Waals surface area contributed by atoms with Crippen molar-refractivity contribution in [1.29, 1.82) is 0 Å². The number of fused-ring (bicyclic) bond motifs is 1. The maximum atomic E-state index is 5.44. The van der Waals surface area contributed by atoms with Crippen molar-refractivity contribution in [3.05, 3.63) is 60.0 Å². The fourth-order valence-corrected chi connectivity index (χ4v) is 4.29. The van der Waals surface area contributed by atoms with E-state index in [1.807, 2.05) is 35.3 Å². The maximum Gasteiger partial charge on any atom is 0.229 e. The second-order valence-corrected chi connectivity index (χ2v) is 9.03. The van der Waals surface area contributed by atoms with E-state index in [2.05, 4.69) is 51.7 Å². The molecule has 10 nitrogen and oxygen atoms in total. The number of benzene rings is 1.